The van der Waals surface area contributed by atoms with Gasteiger partial charge in [-0.2, -0.15) is 0 Å². The Balaban J connectivity index is 1.53. The van der Waals surface area contributed by atoms with Crippen LogP contribution in [0.1, 0.15) is 43.4 Å². The highest BCUT2D eigenvalue weighted by atomic mass is 15.1. The minimum absolute atomic E-state index is 0.928. The van der Waals surface area contributed by atoms with Crippen LogP contribution in [0.2, 0.25) is 0 Å². The molecule has 1 aliphatic rings. The second-order valence-electron chi connectivity index (χ2n) is 11.1. The Hall–Kier alpha value is -5.34. The molecule has 0 amide bonds. The molecular weight excluding hydrogens is 544 g/mol. The van der Waals surface area contributed by atoms with Gasteiger partial charge in [-0.15, -0.1) is 0 Å². The molecule has 0 radical (unpaired) electrons. The number of hydrogen-bond acceptors (Lipinski definition) is 2. The van der Waals surface area contributed by atoms with Crippen molar-refractivity contribution in [3.8, 4) is 11.1 Å². The molecule has 0 aliphatic heterocycles. The summed E-state index contributed by atoms with van der Waals surface area (Å²) in [4.78, 5) is 2.28. The number of hydrogen-bond donors (Lipinski definition) is 1. The van der Waals surface area contributed by atoms with Gasteiger partial charge in [0, 0.05) is 40.9 Å². The van der Waals surface area contributed by atoms with E-state index in [2.05, 4.69) is 159 Å². The summed E-state index contributed by atoms with van der Waals surface area (Å²) in [6.45, 7) is 12.5. The third kappa shape index (κ3) is 7.42. The highest BCUT2D eigenvalue weighted by Crippen LogP contribution is 2.38. The Morgan fingerprint density at radius 1 is 0.867 bits per heavy atom. The van der Waals surface area contributed by atoms with Crippen LogP contribution in [0.4, 0.5) is 17.1 Å². The fraction of sp³-hybridized carbons (Fsp3) is 0.116. The second-order valence-corrected chi connectivity index (χ2v) is 11.1. The second kappa shape index (κ2) is 14.9. The van der Waals surface area contributed by atoms with Crippen molar-refractivity contribution in [3.05, 3.63) is 181 Å². The van der Waals surface area contributed by atoms with Gasteiger partial charge in [-0.25, -0.2) is 0 Å². The number of anilines is 3. The van der Waals surface area contributed by atoms with Crippen LogP contribution in [0.15, 0.2) is 165 Å². The van der Waals surface area contributed by atoms with Gasteiger partial charge in [-0.1, -0.05) is 116 Å². The normalized spacial score (nSPS) is 13.4. The molecule has 0 heterocycles. The van der Waals surface area contributed by atoms with Crippen LogP contribution >= 0.6 is 0 Å². The van der Waals surface area contributed by atoms with Crippen molar-refractivity contribution < 1.29 is 0 Å². The van der Waals surface area contributed by atoms with E-state index in [1.54, 1.807) is 0 Å². The Bertz CT molecular complexity index is 1810. The summed E-state index contributed by atoms with van der Waals surface area (Å²) in [6, 6.07) is 34.6. The average Bonchev–Trinajstić information content (AvgIpc) is 3.10. The van der Waals surface area contributed by atoms with Crippen molar-refractivity contribution in [2.45, 2.75) is 26.7 Å². The molecule has 5 rings (SSSR count). The molecule has 4 aromatic rings. The van der Waals surface area contributed by atoms with Gasteiger partial charge in [-0.05, 0) is 103 Å². The zero-order valence-corrected chi connectivity index (χ0v) is 26.6. The highest BCUT2D eigenvalue weighted by molar-refractivity contribution is 5.93. The average molecular weight is 587 g/mol. The van der Waals surface area contributed by atoms with Gasteiger partial charge in [0.2, 0.25) is 0 Å². The van der Waals surface area contributed by atoms with Gasteiger partial charge >= 0.3 is 0 Å². The maximum absolute atomic E-state index is 4.49. The standard InChI is InChI=1S/C43H42N2/c1-6-17-36(30-32(4)40-22-15-16-23-42(40)44-38(7-2)8-3)37-26-29-43(41(31-37)35-20-13-10-14-21-35)45(5)39-27-24-34(25-28-39)33-18-11-9-12-19-33/h6-11,13-18,20-31,44H,2,4,12,19H2,1,3,5H3/b17-6-,36-30+,38-8+. The lowest BCUT2D eigenvalue weighted by molar-refractivity contribution is 1.05. The predicted octanol–water partition coefficient (Wildman–Crippen LogP) is 12.0. The number of rotatable bonds is 11. The van der Waals surface area contributed by atoms with Crippen LogP contribution in [-0.2, 0) is 0 Å². The van der Waals surface area contributed by atoms with E-state index in [4.69, 9.17) is 0 Å². The van der Waals surface area contributed by atoms with Gasteiger partial charge < -0.3 is 10.2 Å². The first kappa shape index (κ1) is 31.1. The van der Waals surface area contributed by atoms with Crippen molar-refractivity contribution >= 4 is 33.8 Å². The van der Waals surface area contributed by atoms with Gasteiger partial charge in [0.25, 0.3) is 0 Å². The third-order valence-corrected chi connectivity index (χ3v) is 8.17. The van der Waals surface area contributed by atoms with E-state index in [-0.39, 0.29) is 0 Å². The zero-order valence-electron chi connectivity index (χ0n) is 26.6. The van der Waals surface area contributed by atoms with Crippen LogP contribution in [0.25, 0.3) is 27.8 Å². The molecule has 1 aliphatic carbocycles. The third-order valence-electron chi connectivity index (χ3n) is 8.17. The van der Waals surface area contributed by atoms with Crippen LogP contribution < -0.4 is 10.2 Å². The molecule has 0 aromatic heterocycles. The van der Waals surface area contributed by atoms with Crippen molar-refractivity contribution in [2.75, 3.05) is 17.3 Å². The van der Waals surface area contributed by atoms with E-state index in [9.17, 15) is 0 Å². The van der Waals surface area contributed by atoms with E-state index in [0.717, 1.165) is 57.9 Å². The van der Waals surface area contributed by atoms with E-state index in [0.29, 0.717) is 0 Å². The number of nitrogens with one attached hydrogen (secondary N) is 1. The van der Waals surface area contributed by atoms with Crippen LogP contribution in [0.5, 0.6) is 0 Å². The minimum Gasteiger partial charge on any atom is -0.355 e. The largest absolute Gasteiger partial charge is 0.355 e. The topological polar surface area (TPSA) is 15.3 Å². The van der Waals surface area contributed by atoms with Gasteiger partial charge in [0.05, 0.1) is 0 Å². The molecule has 0 saturated carbocycles. The first-order valence-corrected chi connectivity index (χ1v) is 15.6. The Morgan fingerprint density at radius 2 is 1.62 bits per heavy atom. The molecule has 1 N–H and O–H groups in total. The van der Waals surface area contributed by atoms with Crippen molar-refractivity contribution in [1.82, 2.24) is 0 Å². The fourth-order valence-corrected chi connectivity index (χ4v) is 5.68. The number of benzene rings is 4. The molecular formula is C43H42N2. The van der Waals surface area contributed by atoms with Crippen LogP contribution in [0.3, 0.4) is 0 Å². The van der Waals surface area contributed by atoms with E-state index < -0.39 is 0 Å². The summed E-state index contributed by atoms with van der Waals surface area (Å²) < 4.78 is 0. The maximum Gasteiger partial charge on any atom is 0.0488 e. The summed E-state index contributed by atoms with van der Waals surface area (Å²) in [6.07, 6.45) is 19.1. The van der Waals surface area contributed by atoms with Crippen molar-refractivity contribution in [3.63, 3.8) is 0 Å². The molecule has 4 aromatic carbocycles. The highest BCUT2D eigenvalue weighted by Gasteiger charge is 2.15. The molecule has 0 unspecified atom stereocenters. The Labute approximate surface area is 269 Å². The summed E-state index contributed by atoms with van der Waals surface area (Å²) >= 11 is 0. The summed E-state index contributed by atoms with van der Waals surface area (Å²) in [7, 11) is 2.15. The molecule has 2 heteroatoms. The smallest absolute Gasteiger partial charge is 0.0488 e. The minimum atomic E-state index is 0.928. The Morgan fingerprint density at radius 3 is 2.31 bits per heavy atom. The van der Waals surface area contributed by atoms with E-state index >= 15 is 0 Å². The van der Waals surface area contributed by atoms with Gasteiger partial charge in [0.1, 0.15) is 0 Å². The monoisotopic (exact) mass is 586 g/mol. The zero-order chi connectivity index (χ0) is 31.6. The van der Waals surface area contributed by atoms with Gasteiger partial charge in [-0.3, -0.25) is 0 Å². The summed E-state index contributed by atoms with van der Waals surface area (Å²) in [5, 5.41) is 3.48. The number of nitrogens with zero attached hydrogens (tertiary/aromatic N) is 1. The summed E-state index contributed by atoms with van der Waals surface area (Å²) in [5.41, 5.74) is 13.5. The predicted molar refractivity (Wildman–Crippen MR) is 199 cm³/mol. The van der Waals surface area contributed by atoms with E-state index in [1.807, 2.05) is 31.2 Å². The van der Waals surface area contributed by atoms with Crippen molar-refractivity contribution in [1.29, 1.82) is 0 Å². The van der Waals surface area contributed by atoms with Crippen molar-refractivity contribution in [2.24, 2.45) is 0 Å². The lowest BCUT2D eigenvalue weighted by atomic mass is 9.94. The Kier molecular flexibility index (Phi) is 10.3. The number of allylic oxidation sites excluding steroid dienone is 11. The molecule has 0 atom stereocenters. The summed E-state index contributed by atoms with van der Waals surface area (Å²) in [5.74, 6) is 0. The van der Waals surface area contributed by atoms with Crippen LogP contribution in [0, 0.1) is 0 Å². The number of para-hydroxylation sites is 1. The molecule has 0 bridgehead atoms. The van der Waals surface area contributed by atoms with Gasteiger partial charge in [0.15, 0.2) is 0 Å². The lowest BCUT2D eigenvalue weighted by Crippen LogP contribution is -2.11. The molecule has 45 heavy (non-hydrogen) atoms. The molecule has 0 spiro atoms. The fourth-order valence-electron chi connectivity index (χ4n) is 5.68. The van der Waals surface area contributed by atoms with E-state index in [1.165, 1.54) is 22.3 Å². The molecule has 2 nitrogen and oxygen atoms in total. The first-order valence-electron chi connectivity index (χ1n) is 15.6. The van der Waals surface area contributed by atoms with Crippen LogP contribution in [-0.4, -0.2) is 7.05 Å². The molecule has 224 valence electrons. The quantitative estimate of drug-likeness (QED) is 0.176. The SMILES string of the molecule is C=C/C(=C\C)Nc1ccccc1C(=C)/C=C(\C=C/C)c1ccc(N(C)c2ccc(C3=CC=CCC3)cc2)c(-c2ccccc2)c1. The lowest BCUT2D eigenvalue weighted by Gasteiger charge is -2.24. The maximum atomic E-state index is 4.49. The molecule has 0 fully saturated rings. The molecule has 0 saturated heterocycles. The first-order chi connectivity index (χ1) is 22.0.